The van der Waals surface area contributed by atoms with Crippen LogP contribution in [0.3, 0.4) is 0 Å². The van der Waals surface area contributed by atoms with Gasteiger partial charge in [0.2, 0.25) is 0 Å². The lowest BCUT2D eigenvalue weighted by atomic mass is 9.77. The van der Waals surface area contributed by atoms with Gasteiger partial charge in [0.05, 0.1) is 12.7 Å². The average Bonchev–Trinajstić information content (AvgIpc) is 2.34. The van der Waals surface area contributed by atoms with Crippen LogP contribution in [0.25, 0.3) is 0 Å². The number of aliphatic hydroxyl groups is 1. The van der Waals surface area contributed by atoms with Crippen molar-refractivity contribution >= 4 is 0 Å². The number of piperidine rings is 1. The van der Waals surface area contributed by atoms with Crippen LogP contribution < -0.4 is 4.74 Å². The molecule has 1 aliphatic rings. The highest BCUT2D eigenvalue weighted by molar-refractivity contribution is 5.33. The number of hydrogen-bond donors (Lipinski definition) is 1. The smallest absolute Gasteiger partial charge is 0.119 e. The summed E-state index contributed by atoms with van der Waals surface area (Å²) in [7, 11) is 3.75. The number of rotatable bonds is 2. The van der Waals surface area contributed by atoms with E-state index in [1.165, 1.54) is 0 Å². The molecule has 94 valence electrons. The van der Waals surface area contributed by atoms with E-state index in [2.05, 4.69) is 18.9 Å². The fourth-order valence-electron chi connectivity index (χ4n) is 2.64. The molecule has 2 rings (SSSR count). The van der Waals surface area contributed by atoms with Crippen LogP contribution in [0.4, 0.5) is 0 Å². The fourth-order valence-corrected chi connectivity index (χ4v) is 2.64. The molecule has 0 aliphatic carbocycles. The largest absolute Gasteiger partial charge is 0.497 e. The molecular formula is C14H21NO2. The van der Waals surface area contributed by atoms with Gasteiger partial charge >= 0.3 is 0 Å². The Bertz CT molecular complexity index is 394. The van der Waals surface area contributed by atoms with Gasteiger partial charge in [0, 0.05) is 19.0 Å². The van der Waals surface area contributed by atoms with Crippen LogP contribution in [0.1, 0.15) is 18.9 Å². The summed E-state index contributed by atoms with van der Waals surface area (Å²) in [6, 6.07) is 7.79. The first-order chi connectivity index (χ1) is 8.06. The van der Waals surface area contributed by atoms with Gasteiger partial charge in [-0.15, -0.1) is 0 Å². The summed E-state index contributed by atoms with van der Waals surface area (Å²) in [5.74, 6) is 1.04. The second-order valence-electron chi connectivity index (χ2n) is 5.07. The second-order valence-corrected chi connectivity index (χ2v) is 5.07. The van der Waals surface area contributed by atoms with E-state index in [0.29, 0.717) is 0 Å². The Morgan fingerprint density at radius 2 is 2.24 bits per heavy atom. The average molecular weight is 235 g/mol. The minimum absolute atomic E-state index is 0.230. The Balaban J connectivity index is 2.30. The summed E-state index contributed by atoms with van der Waals surface area (Å²) >= 11 is 0. The van der Waals surface area contributed by atoms with Crippen LogP contribution in [0.15, 0.2) is 24.3 Å². The zero-order valence-electron chi connectivity index (χ0n) is 10.8. The number of methoxy groups -OCH3 is 1. The molecule has 17 heavy (non-hydrogen) atoms. The summed E-state index contributed by atoms with van der Waals surface area (Å²) < 4.78 is 5.23. The van der Waals surface area contributed by atoms with Crippen molar-refractivity contribution in [3.05, 3.63) is 29.8 Å². The fraction of sp³-hybridized carbons (Fsp3) is 0.571. The zero-order valence-corrected chi connectivity index (χ0v) is 10.8. The van der Waals surface area contributed by atoms with E-state index in [0.717, 1.165) is 30.8 Å². The molecular weight excluding hydrogens is 214 g/mol. The molecule has 1 saturated heterocycles. The van der Waals surface area contributed by atoms with Crippen LogP contribution >= 0.6 is 0 Å². The Labute approximate surface area is 103 Å². The first-order valence-corrected chi connectivity index (χ1v) is 6.11. The molecule has 1 heterocycles. The van der Waals surface area contributed by atoms with Crippen molar-refractivity contribution in [1.29, 1.82) is 0 Å². The highest BCUT2D eigenvalue weighted by Gasteiger charge is 2.39. The number of likely N-dealkylation sites (tertiary alicyclic amines) is 1. The highest BCUT2D eigenvalue weighted by atomic mass is 16.5. The molecule has 1 aromatic rings. The van der Waals surface area contributed by atoms with Crippen LogP contribution in [0.2, 0.25) is 0 Å². The van der Waals surface area contributed by atoms with Gasteiger partial charge in [0.15, 0.2) is 0 Å². The SMILES string of the molecule is COc1cccc([C@@]2(O)CCN(C)C[C@@H]2C)c1. The van der Waals surface area contributed by atoms with Crippen LogP contribution in [-0.4, -0.2) is 37.3 Å². The predicted octanol–water partition coefficient (Wildman–Crippen LogP) is 1.85. The van der Waals surface area contributed by atoms with Crippen molar-refractivity contribution in [2.75, 3.05) is 27.2 Å². The van der Waals surface area contributed by atoms with E-state index in [-0.39, 0.29) is 5.92 Å². The standard InChI is InChI=1S/C14H21NO2/c1-11-10-15(2)8-7-14(11,16)12-5-4-6-13(9-12)17-3/h4-6,9,11,16H,7-8,10H2,1-3H3/t11-,14+/m0/s1. The lowest BCUT2D eigenvalue weighted by molar-refractivity contribution is -0.0660. The Hall–Kier alpha value is -1.06. The molecule has 1 fully saturated rings. The van der Waals surface area contributed by atoms with E-state index >= 15 is 0 Å². The van der Waals surface area contributed by atoms with Crippen molar-refractivity contribution in [3.8, 4) is 5.75 Å². The van der Waals surface area contributed by atoms with E-state index in [1.54, 1.807) is 7.11 Å². The normalized spacial score (nSPS) is 30.2. The molecule has 0 aromatic heterocycles. The number of hydrogen-bond acceptors (Lipinski definition) is 3. The molecule has 1 aliphatic heterocycles. The molecule has 0 saturated carbocycles. The molecule has 1 N–H and O–H groups in total. The molecule has 0 bridgehead atoms. The molecule has 1 aromatic carbocycles. The molecule has 2 atom stereocenters. The van der Waals surface area contributed by atoms with Gasteiger partial charge in [-0.2, -0.15) is 0 Å². The van der Waals surface area contributed by atoms with E-state index in [9.17, 15) is 5.11 Å². The van der Waals surface area contributed by atoms with E-state index in [4.69, 9.17) is 4.74 Å². The van der Waals surface area contributed by atoms with Gasteiger partial charge < -0.3 is 14.7 Å². The monoisotopic (exact) mass is 235 g/mol. The Morgan fingerprint density at radius 1 is 1.47 bits per heavy atom. The summed E-state index contributed by atoms with van der Waals surface area (Å²) in [4.78, 5) is 2.26. The molecule has 3 nitrogen and oxygen atoms in total. The van der Waals surface area contributed by atoms with Gasteiger partial charge in [0.1, 0.15) is 5.75 Å². The van der Waals surface area contributed by atoms with Crippen molar-refractivity contribution in [3.63, 3.8) is 0 Å². The number of benzene rings is 1. The van der Waals surface area contributed by atoms with Gasteiger partial charge in [0.25, 0.3) is 0 Å². The third-order valence-electron chi connectivity index (χ3n) is 3.85. The second kappa shape index (κ2) is 4.67. The lowest BCUT2D eigenvalue weighted by Gasteiger charge is -2.42. The molecule has 0 unspecified atom stereocenters. The minimum Gasteiger partial charge on any atom is -0.497 e. The quantitative estimate of drug-likeness (QED) is 0.849. The van der Waals surface area contributed by atoms with Crippen molar-refractivity contribution in [1.82, 2.24) is 4.90 Å². The highest BCUT2D eigenvalue weighted by Crippen LogP contribution is 2.37. The maximum absolute atomic E-state index is 10.9. The zero-order chi connectivity index (χ0) is 12.5. The van der Waals surface area contributed by atoms with Crippen molar-refractivity contribution in [2.24, 2.45) is 5.92 Å². The van der Waals surface area contributed by atoms with Gasteiger partial charge in [-0.05, 0) is 31.2 Å². The maximum Gasteiger partial charge on any atom is 0.119 e. The van der Waals surface area contributed by atoms with Crippen LogP contribution in [0, 0.1) is 5.92 Å². The van der Waals surface area contributed by atoms with Gasteiger partial charge in [-0.25, -0.2) is 0 Å². The van der Waals surface area contributed by atoms with Gasteiger partial charge in [-0.1, -0.05) is 19.1 Å². The van der Waals surface area contributed by atoms with Crippen molar-refractivity contribution < 1.29 is 9.84 Å². The molecule has 0 amide bonds. The van der Waals surface area contributed by atoms with Crippen LogP contribution in [-0.2, 0) is 5.60 Å². The van der Waals surface area contributed by atoms with Crippen LogP contribution in [0.5, 0.6) is 5.75 Å². The first kappa shape index (κ1) is 12.4. The summed E-state index contributed by atoms with van der Waals surface area (Å²) in [6.07, 6.45) is 0.776. The summed E-state index contributed by atoms with van der Waals surface area (Å²) in [6.45, 7) is 3.96. The molecule has 0 spiro atoms. The number of nitrogens with zero attached hydrogens (tertiary/aromatic N) is 1. The summed E-state index contributed by atoms with van der Waals surface area (Å²) in [5, 5.41) is 10.9. The van der Waals surface area contributed by atoms with E-state index < -0.39 is 5.60 Å². The minimum atomic E-state index is -0.721. The summed E-state index contributed by atoms with van der Waals surface area (Å²) in [5.41, 5.74) is 0.249. The Morgan fingerprint density at radius 3 is 2.88 bits per heavy atom. The third-order valence-corrected chi connectivity index (χ3v) is 3.85. The lowest BCUT2D eigenvalue weighted by Crippen LogP contribution is -2.47. The number of ether oxygens (including phenoxy) is 1. The van der Waals surface area contributed by atoms with E-state index in [1.807, 2.05) is 24.3 Å². The first-order valence-electron chi connectivity index (χ1n) is 6.11. The van der Waals surface area contributed by atoms with Gasteiger partial charge in [-0.3, -0.25) is 0 Å². The molecule has 0 radical (unpaired) electrons. The third kappa shape index (κ3) is 2.31. The topological polar surface area (TPSA) is 32.7 Å². The molecule has 3 heteroatoms. The maximum atomic E-state index is 10.9. The van der Waals surface area contributed by atoms with Crippen molar-refractivity contribution in [2.45, 2.75) is 18.9 Å². The predicted molar refractivity (Wildman–Crippen MR) is 68.2 cm³/mol. The Kier molecular flexibility index (Phi) is 3.40.